The molecule has 1 N–H and O–H groups in total. The molecule has 0 saturated carbocycles. The molecule has 0 unspecified atom stereocenters. The van der Waals surface area contributed by atoms with Gasteiger partial charge in [-0.25, -0.2) is 0 Å². The Bertz CT molecular complexity index is 650. The molecule has 0 fully saturated rings. The summed E-state index contributed by atoms with van der Waals surface area (Å²) in [6.45, 7) is 10.5. The van der Waals surface area contributed by atoms with Crippen LogP contribution in [0.25, 0.3) is 11.3 Å². The van der Waals surface area contributed by atoms with Crippen LogP contribution in [0.1, 0.15) is 43.7 Å². The van der Waals surface area contributed by atoms with Crippen molar-refractivity contribution in [2.24, 2.45) is 5.41 Å². The van der Waals surface area contributed by atoms with E-state index in [2.05, 4.69) is 37.9 Å². The lowest BCUT2D eigenvalue weighted by atomic mass is 9.87. The second-order valence-electron chi connectivity index (χ2n) is 6.99. The molecule has 1 heterocycles. The molecule has 22 heavy (non-hydrogen) atoms. The lowest BCUT2D eigenvalue weighted by Gasteiger charge is -2.35. The number of aromatic amines is 1. The molecule has 0 aliphatic carbocycles. The van der Waals surface area contributed by atoms with Gasteiger partial charge in [-0.2, -0.15) is 5.10 Å². The molecule has 0 aliphatic heterocycles. The zero-order chi connectivity index (χ0) is 16.5. The number of aromatic nitrogens is 2. The number of hydrogen-bond acceptors (Lipinski definition) is 2. The fourth-order valence-corrected chi connectivity index (χ4v) is 2.25. The van der Waals surface area contributed by atoms with Crippen LogP contribution in [0.15, 0.2) is 30.3 Å². The van der Waals surface area contributed by atoms with Crippen molar-refractivity contribution in [3.05, 3.63) is 41.6 Å². The summed E-state index contributed by atoms with van der Waals surface area (Å²) in [5.74, 6) is -0.0340. The summed E-state index contributed by atoms with van der Waals surface area (Å²) in [6.07, 6.45) is 0. The van der Waals surface area contributed by atoms with Gasteiger partial charge < -0.3 is 4.90 Å². The number of nitrogens with one attached hydrogen (secondary N) is 1. The molecule has 0 spiro atoms. The van der Waals surface area contributed by atoms with Gasteiger partial charge in [0, 0.05) is 18.7 Å². The van der Waals surface area contributed by atoms with Crippen molar-refractivity contribution in [1.82, 2.24) is 15.1 Å². The zero-order valence-electron chi connectivity index (χ0n) is 14.3. The molecular formula is C18H25N3O. The fraction of sp³-hybridized carbons (Fsp3) is 0.444. The highest BCUT2D eigenvalue weighted by Crippen LogP contribution is 2.25. The fourth-order valence-electron chi connectivity index (χ4n) is 2.25. The number of H-pyrrole nitrogens is 1. The van der Waals surface area contributed by atoms with Crippen LogP contribution in [0.3, 0.4) is 0 Å². The molecule has 1 aromatic carbocycles. The topological polar surface area (TPSA) is 49.0 Å². The molecule has 0 bridgehead atoms. The molecule has 1 atom stereocenters. The molecule has 0 aliphatic rings. The lowest BCUT2D eigenvalue weighted by Crippen LogP contribution is -2.43. The first-order valence-corrected chi connectivity index (χ1v) is 7.60. The Labute approximate surface area is 132 Å². The highest BCUT2D eigenvalue weighted by molar-refractivity contribution is 5.93. The molecule has 1 amide bonds. The number of hydrogen-bond donors (Lipinski definition) is 1. The van der Waals surface area contributed by atoms with Crippen molar-refractivity contribution in [1.29, 1.82) is 0 Å². The number of nitrogens with zero attached hydrogens (tertiary/aromatic N) is 2. The molecular weight excluding hydrogens is 274 g/mol. The number of carbonyl (C=O) groups excluding carboxylic acids is 1. The van der Waals surface area contributed by atoms with Crippen molar-refractivity contribution < 1.29 is 4.79 Å². The molecule has 1 aromatic heterocycles. The minimum Gasteiger partial charge on any atom is -0.337 e. The van der Waals surface area contributed by atoms with Crippen LogP contribution in [0.4, 0.5) is 0 Å². The molecule has 2 aromatic rings. The Balaban J connectivity index is 2.20. The number of aryl methyl sites for hydroxylation is 1. The van der Waals surface area contributed by atoms with Crippen molar-refractivity contribution in [3.63, 3.8) is 0 Å². The Morgan fingerprint density at radius 2 is 1.82 bits per heavy atom. The molecule has 118 valence electrons. The van der Waals surface area contributed by atoms with E-state index in [1.54, 1.807) is 4.90 Å². The van der Waals surface area contributed by atoms with Gasteiger partial charge >= 0.3 is 0 Å². The summed E-state index contributed by atoms with van der Waals surface area (Å²) < 4.78 is 0. The van der Waals surface area contributed by atoms with Gasteiger partial charge in [-0.05, 0) is 25.3 Å². The number of amides is 1. The van der Waals surface area contributed by atoms with E-state index in [4.69, 9.17) is 0 Å². The van der Waals surface area contributed by atoms with E-state index in [1.165, 1.54) is 5.56 Å². The highest BCUT2D eigenvalue weighted by atomic mass is 16.2. The van der Waals surface area contributed by atoms with Gasteiger partial charge in [0.1, 0.15) is 5.69 Å². The van der Waals surface area contributed by atoms with Gasteiger partial charge in [0.15, 0.2) is 0 Å². The molecule has 0 saturated heterocycles. The molecule has 4 nitrogen and oxygen atoms in total. The predicted octanol–water partition coefficient (Wildman–Crippen LogP) is 3.89. The quantitative estimate of drug-likeness (QED) is 0.934. The lowest BCUT2D eigenvalue weighted by molar-refractivity contribution is 0.0623. The van der Waals surface area contributed by atoms with Gasteiger partial charge in [0.05, 0.1) is 5.69 Å². The maximum absolute atomic E-state index is 12.6. The third-order valence-electron chi connectivity index (χ3n) is 4.31. The molecule has 0 radical (unpaired) electrons. The maximum Gasteiger partial charge on any atom is 0.271 e. The van der Waals surface area contributed by atoms with Gasteiger partial charge in [-0.15, -0.1) is 0 Å². The summed E-state index contributed by atoms with van der Waals surface area (Å²) in [7, 11) is 1.84. The van der Waals surface area contributed by atoms with Crippen LogP contribution in [0.5, 0.6) is 0 Å². The van der Waals surface area contributed by atoms with Crippen molar-refractivity contribution in [2.75, 3.05) is 7.05 Å². The van der Waals surface area contributed by atoms with Crippen LogP contribution in [0, 0.1) is 12.3 Å². The predicted molar refractivity (Wildman–Crippen MR) is 89.8 cm³/mol. The average molecular weight is 299 g/mol. The van der Waals surface area contributed by atoms with E-state index in [0.29, 0.717) is 5.69 Å². The zero-order valence-corrected chi connectivity index (χ0v) is 14.3. The summed E-state index contributed by atoms with van der Waals surface area (Å²) in [5, 5.41) is 7.13. The third-order valence-corrected chi connectivity index (χ3v) is 4.31. The number of benzene rings is 1. The van der Waals surface area contributed by atoms with E-state index in [1.807, 2.05) is 44.3 Å². The Hall–Kier alpha value is -2.10. The van der Waals surface area contributed by atoms with Crippen LogP contribution in [0.2, 0.25) is 0 Å². The first-order chi connectivity index (χ1) is 10.2. The summed E-state index contributed by atoms with van der Waals surface area (Å²) in [5.41, 5.74) is 3.56. The summed E-state index contributed by atoms with van der Waals surface area (Å²) in [4.78, 5) is 14.4. The van der Waals surface area contributed by atoms with Crippen molar-refractivity contribution in [3.8, 4) is 11.3 Å². The minimum atomic E-state index is -0.0340. The van der Waals surface area contributed by atoms with E-state index in [-0.39, 0.29) is 17.4 Å². The monoisotopic (exact) mass is 299 g/mol. The van der Waals surface area contributed by atoms with E-state index in [0.717, 1.165) is 11.3 Å². The van der Waals surface area contributed by atoms with E-state index < -0.39 is 0 Å². The Kier molecular flexibility index (Phi) is 4.40. The summed E-state index contributed by atoms with van der Waals surface area (Å²) >= 11 is 0. The van der Waals surface area contributed by atoms with Gasteiger partial charge in [0.25, 0.3) is 5.91 Å². The average Bonchev–Trinajstić information content (AvgIpc) is 2.94. The van der Waals surface area contributed by atoms with Gasteiger partial charge in [0.2, 0.25) is 0 Å². The van der Waals surface area contributed by atoms with Crippen LogP contribution >= 0.6 is 0 Å². The van der Waals surface area contributed by atoms with Crippen molar-refractivity contribution >= 4 is 5.91 Å². The first-order valence-electron chi connectivity index (χ1n) is 7.60. The molecule has 4 heteroatoms. The molecule has 2 rings (SSSR count). The Morgan fingerprint density at radius 1 is 1.23 bits per heavy atom. The van der Waals surface area contributed by atoms with Crippen LogP contribution in [-0.4, -0.2) is 34.1 Å². The van der Waals surface area contributed by atoms with Crippen LogP contribution in [-0.2, 0) is 0 Å². The van der Waals surface area contributed by atoms with E-state index in [9.17, 15) is 4.79 Å². The standard InChI is InChI=1S/C18H25N3O/c1-12-7-9-14(10-8-12)15-11-16(20-19-15)17(22)21(6)13(2)18(3,4)5/h7-11,13H,1-6H3,(H,19,20)/t13-/m1/s1. The van der Waals surface area contributed by atoms with Gasteiger partial charge in [-0.1, -0.05) is 50.6 Å². The largest absolute Gasteiger partial charge is 0.337 e. The maximum atomic E-state index is 12.6. The second-order valence-corrected chi connectivity index (χ2v) is 6.99. The summed E-state index contributed by atoms with van der Waals surface area (Å²) in [6, 6.07) is 10.1. The third kappa shape index (κ3) is 3.38. The number of carbonyl (C=O) groups is 1. The van der Waals surface area contributed by atoms with Crippen LogP contribution < -0.4 is 0 Å². The number of rotatable bonds is 3. The first kappa shape index (κ1) is 16.3. The van der Waals surface area contributed by atoms with Crippen molar-refractivity contribution in [2.45, 2.75) is 40.7 Å². The smallest absolute Gasteiger partial charge is 0.271 e. The normalized spacial score (nSPS) is 13.0. The Morgan fingerprint density at radius 3 is 2.36 bits per heavy atom. The second kappa shape index (κ2) is 5.95. The van der Waals surface area contributed by atoms with Gasteiger partial charge in [-0.3, -0.25) is 9.89 Å². The van der Waals surface area contributed by atoms with E-state index >= 15 is 0 Å². The highest BCUT2D eigenvalue weighted by Gasteiger charge is 2.28. The minimum absolute atomic E-state index is 0.0320. The SMILES string of the molecule is Cc1ccc(-c2cc(C(=O)N(C)[C@H](C)C(C)(C)C)[nH]n2)cc1.